The lowest BCUT2D eigenvalue weighted by molar-refractivity contribution is 0.306. The quantitative estimate of drug-likeness (QED) is 0.495. The highest BCUT2D eigenvalue weighted by Crippen LogP contribution is 2.17. The van der Waals surface area contributed by atoms with Crippen LogP contribution in [0.5, 0.6) is 5.75 Å². The molecule has 2 rings (SSSR count). The van der Waals surface area contributed by atoms with Crippen LogP contribution in [0.1, 0.15) is 11.1 Å². The van der Waals surface area contributed by atoms with Gasteiger partial charge in [-0.1, -0.05) is 42.5 Å². The monoisotopic (exact) mass is 226 g/mol. The summed E-state index contributed by atoms with van der Waals surface area (Å²) in [6.07, 6.45) is 1.58. The number of benzene rings is 2. The number of nitrogens with two attached hydrogens (primary N) is 1. The number of rotatable bonds is 4. The molecule has 3 nitrogen and oxygen atoms in total. The largest absolute Gasteiger partial charge is 0.488 e. The molecule has 86 valence electrons. The molecule has 0 radical (unpaired) electrons. The van der Waals surface area contributed by atoms with E-state index >= 15 is 0 Å². The summed E-state index contributed by atoms with van der Waals surface area (Å²) in [5.74, 6) is 5.93. The average molecular weight is 226 g/mol. The van der Waals surface area contributed by atoms with Crippen LogP contribution in [0.15, 0.2) is 59.7 Å². The Kier molecular flexibility index (Phi) is 3.76. The second-order valence-corrected chi connectivity index (χ2v) is 3.59. The summed E-state index contributed by atoms with van der Waals surface area (Å²) >= 11 is 0. The summed E-state index contributed by atoms with van der Waals surface area (Å²) in [7, 11) is 0. The normalized spacial score (nSPS) is 10.6. The van der Waals surface area contributed by atoms with Gasteiger partial charge in [0.1, 0.15) is 12.4 Å². The third kappa shape index (κ3) is 3.08. The smallest absolute Gasteiger partial charge is 0.128 e. The molecule has 17 heavy (non-hydrogen) atoms. The first-order valence-corrected chi connectivity index (χ1v) is 5.39. The molecule has 0 heterocycles. The van der Waals surface area contributed by atoms with Crippen molar-refractivity contribution in [2.75, 3.05) is 0 Å². The fourth-order valence-electron chi connectivity index (χ4n) is 1.53. The predicted molar refractivity (Wildman–Crippen MR) is 69.0 cm³/mol. The van der Waals surface area contributed by atoms with E-state index in [4.69, 9.17) is 10.6 Å². The lowest BCUT2D eigenvalue weighted by Gasteiger charge is -2.08. The van der Waals surface area contributed by atoms with Gasteiger partial charge in [-0.15, -0.1) is 0 Å². The first-order valence-electron chi connectivity index (χ1n) is 5.39. The minimum atomic E-state index is 0.538. The summed E-state index contributed by atoms with van der Waals surface area (Å²) < 4.78 is 5.73. The number of hydrogen-bond donors (Lipinski definition) is 1. The van der Waals surface area contributed by atoms with Gasteiger partial charge in [-0.2, -0.15) is 5.10 Å². The Morgan fingerprint density at radius 2 is 1.71 bits per heavy atom. The first kappa shape index (κ1) is 11.2. The van der Waals surface area contributed by atoms with Gasteiger partial charge in [0.2, 0.25) is 0 Å². The third-order valence-corrected chi connectivity index (χ3v) is 2.37. The topological polar surface area (TPSA) is 47.6 Å². The predicted octanol–water partition coefficient (Wildman–Crippen LogP) is 2.56. The van der Waals surface area contributed by atoms with Gasteiger partial charge in [-0.25, -0.2) is 0 Å². The molecular formula is C14H14N2O. The van der Waals surface area contributed by atoms with Crippen LogP contribution in [0.4, 0.5) is 0 Å². The molecule has 2 aromatic rings. The summed E-state index contributed by atoms with van der Waals surface area (Å²) in [6.45, 7) is 0.538. The highest BCUT2D eigenvalue weighted by Gasteiger charge is 2.00. The van der Waals surface area contributed by atoms with Crippen LogP contribution < -0.4 is 10.6 Å². The van der Waals surface area contributed by atoms with Crippen molar-refractivity contribution in [3.8, 4) is 5.75 Å². The van der Waals surface area contributed by atoms with E-state index < -0.39 is 0 Å². The van der Waals surface area contributed by atoms with Gasteiger partial charge in [0.15, 0.2) is 0 Å². The minimum absolute atomic E-state index is 0.538. The molecule has 0 saturated heterocycles. The third-order valence-electron chi connectivity index (χ3n) is 2.37. The van der Waals surface area contributed by atoms with Crippen molar-refractivity contribution >= 4 is 6.21 Å². The van der Waals surface area contributed by atoms with E-state index in [2.05, 4.69) is 5.10 Å². The Balaban J connectivity index is 2.09. The Morgan fingerprint density at radius 3 is 2.47 bits per heavy atom. The lowest BCUT2D eigenvalue weighted by atomic mass is 10.2. The van der Waals surface area contributed by atoms with Crippen LogP contribution in [0, 0.1) is 0 Å². The average Bonchev–Trinajstić information content (AvgIpc) is 2.39. The van der Waals surface area contributed by atoms with Crippen LogP contribution in [0.25, 0.3) is 0 Å². The number of nitrogens with zero attached hydrogens (tertiary/aromatic N) is 1. The summed E-state index contributed by atoms with van der Waals surface area (Å²) in [4.78, 5) is 0. The second-order valence-electron chi connectivity index (χ2n) is 3.59. The molecule has 0 aliphatic rings. The first-order chi connectivity index (χ1) is 8.40. The number of hydrazone groups is 1. The minimum Gasteiger partial charge on any atom is -0.488 e. The molecule has 0 amide bonds. The zero-order valence-corrected chi connectivity index (χ0v) is 9.41. The number of ether oxygens (including phenoxy) is 1. The maximum atomic E-state index is 5.73. The highest BCUT2D eigenvalue weighted by atomic mass is 16.5. The molecule has 0 fully saturated rings. The fourth-order valence-corrected chi connectivity index (χ4v) is 1.53. The van der Waals surface area contributed by atoms with Gasteiger partial charge in [0.05, 0.1) is 6.21 Å². The van der Waals surface area contributed by atoms with Crippen LogP contribution in [-0.2, 0) is 6.61 Å². The maximum absolute atomic E-state index is 5.73. The Bertz CT molecular complexity index is 495. The van der Waals surface area contributed by atoms with Gasteiger partial charge in [0, 0.05) is 5.56 Å². The summed E-state index contributed by atoms with van der Waals surface area (Å²) in [5, 5.41) is 3.52. The molecule has 0 bridgehead atoms. The molecule has 0 unspecified atom stereocenters. The van der Waals surface area contributed by atoms with Crippen molar-refractivity contribution in [3.05, 3.63) is 65.7 Å². The van der Waals surface area contributed by atoms with Crippen molar-refractivity contribution in [3.63, 3.8) is 0 Å². The molecular weight excluding hydrogens is 212 g/mol. The van der Waals surface area contributed by atoms with Crippen LogP contribution >= 0.6 is 0 Å². The molecule has 2 aromatic carbocycles. The van der Waals surface area contributed by atoms with E-state index in [1.54, 1.807) is 6.21 Å². The van der Waals surface area contributed by atoms with E-state index in [1.165, 1.54) is 0 Å². The molecule has 0 aliphatic heterocycles. The standard InChI is InChI=1S/C14H14N2O/c15-16-10-13-8-4-5-9-14(13)17-11-12-6-2-1-3-7-12/h1-10H,11,15H2/b16-10+. The molecule has 2 N–H and O–H groups in total. The van der Waals surface area contributed by atoms with E-state index in [0.29, 0.717) is 6.61 Å². The number of hydrogen-bond acceptors (Lipinski definition) is 3. The summed E-state index contributed by atoms with van der Waals surface area (Å²) in [5.41, 5.74) is 2.01. The molecule has 0 spiro atoms. The van der Waals surface area contributed by atoms with Crippen LogP contribution in [0.3, 0.4) is 0 Å². The van der Waals surface area contributed by atoms with Gasteiger partial charge in [-0.3, -0.25) is 0 Å². The fraction of sp³-hybridized carbons (Fsp3) is 0.0714. The van der Waals surface area contributed by atoms with Gasteiger partial charge in [-0.05, 0) is 17.7 Å². The van der Waals surface area contributed by atoms with Gasteiger partial charge >= 0.3 is 0 Å². The number of para-hydroxylation sites is 1. The van der Waals surface area contributed by atoms with E-state index in [0.717, 1.165) is 16.9 Å². The van der Waals surface area contributed by atoms with E-state index in [9.17, 15) is 0 Å². The van der Waals surface area contributed by atoms with Crippen molar-refractivity contribution in [2.24, 2.45) is 10.9 Å². The van der Waals surface area contributed by atoms with E-state index in [-0.39, 0.29) is 0 Å². The molecule has 0 saturated carbocycles. The Hall–Kier alpha value is -2.29. The van der Waals surface area contributed by atoms with Crippen molar-refractivity contribution in [1.82, 2.24) is 0 Å². The molecule has 0 aromatic heterocycles. The molecule has 0 atom stereocenters. The van der Waals surface area contributed by atoms with Gasteiger partial charge in [0.25, 0.3) is 0 Å². The molecule has 0 aliphatic carbocycles. The summed E-state index contributed by atoms with van der Waals surface area (Å²) in [6, 6.07) is 17.7. The molecule has 3 heteroatoms. The van der Waals surface area contributed by atoms with Crippen molar-refractivity contribution < 1.29 is 4.74 Å². The van der Waals surface area contributed by atoms with Gasteiger partial charge < -0.3 is 10.6 Å². The zero-order chi connectivity index (χ0) is 11.9. The van der Waals surface area contributed by atoms with Crippen LogP contribution in [0.2, 0.25) is 0 Å². The van der Waals surface area contributed by atoms with E-state index in [1.807, 2.05) is 54.6 Å². The Labute approximate surface area is 101 Å². The lowest BCUT2D eigenvalue weighted by Crippen LogP contribution is -1.98. The SMILES string of the molecule is N/N=C/c1ccccc1OCc1ccccc1. The van der Waals surface area contributed by atoms with Crippen molar-refractivity contribution in [1.29, 1.82) is 0 Å². The highest BCUT2D eigenvalue weighted by molar-refractivity contribution is 5.83. The van der Waals surface area contributed by atoms with Crippen molar-refractivity contribution in [2.45, 2.75) is 6.61 Å². The zero-order valence-electron chi connectivity index (χ0n) is 9.41. The second kappa shape index (κ2) is 5.70. The Morgan fingerprint density at radius 1 is 1.00 bits per heavy atom. The van der Waals surface area contributed by atoms with Crippen LogP contribution in [-0.4, -0.2) is 6.21 Å². The maximum Gasteiger partial charge on any atom is 0.128 e.